The van der Waals surface area contributed by atoms with Crippen LogP contribution in [0.15, 0.2) is 26.2 Å². The van der Waals surface area contributed by atoms with Gasteiger partial charge in [-0.05, 0) is 28.1 Å². The van der Waals surface area contributed by atoms with E-state index in [4.69, 9.17) is 9.79 Å². The molecule has 26 heavy (non-hydrogen) atoms. The molecule has 0 spiro atoms. The van der Waals surface area contributed by atoms with Gasteiger partial charge in [0.15, 0.2) is 0 Å². The first-order valence-electron chi connectivity index (χ1n) is 6.77. The molecule has 0 aromatic heterocycles. The molecule has 0 aliphatic rings. The van der Waals surface area contributed by atoms with Crippen LogP contribution in [0.1, 0.15) is 18.4 Å². The fraction of sp³-hybridized carbons (Fsp3) is 0.333. The van der Waals surface area contributed by atoms with E-state index in [1.165, 1.54) is 6.07 Å². The predicted molar refractivity (Wildman–Crippen MR) is 101 cm³/mol. The first kappa shape index (κ1) is 23.5. The smallest absolute Gasteiger partial charge is 0.366 e. The molecule has 0 aliphatic heterocycles. The third-order valence-electron chi connectivity index (χ3n) is 3.27. The van der Waals surface area contributed by atoms with Gasteiger partial charge in [-0.15, -0.1) is 0 Å². The quantitative estimate of drug-likeness (QED) is 0.173. The molecule has 0 radical (unpaired) electrons. The summed E-state index contributed by atoms with van der Waals surface area (Å²) >= 11 is 6.33. The summed E-state index contributed by atoms with van der Waals surface area (Å²) in [6, 6.07) is 3.10. The lowest BCUT2D eigenvalue weighted by Crippen LogP contribution is -2.30. The molecule has 10 nitrogen and oxygen atoms in total. The van der Waals surface area contributed by atoms with Crippen molar-refractivity contribution >= 4 is 58.9 Å². The van der Waals surface area contributed by atoms with E-state index in [1.807, 2.05) is 5.43 Å². The molecule has 0 saturated heterocycles. The molecule has 1 aromatic rings. The van der Waals surface area contributed by atoms with Gasteiger partial charge in [-0.25, -0.2) is 5.43 Å². The Kier molecular flexibility index (Phi) is 7.78. The number of aliphatic hydroxyl groups is 1. The average Bonchev–Trinajstić information content (AvgIpc) is 2.47. The molecule has 1 amide bonds. The maximum Gasteiger partial charge on any atom is 0.366 e. The van der Waals surface area contributed by atoms with E-state index in [2.05, 4.69) is 37.0 Å². The lowest BCUT2D eigenvalue weighted by atomic mass is 10.2. The Balaban J connectivity index is 2.79. The molecule has 14 heteroatoms. The zero-order valence-electron chi connectivity index (χ0n) is 13.2. The van der Waals surface area contributed by atoms with Crippen molar-refractivity contribution in [3.05, 3.63) is 26.6 Å². The second-order valence-electron chi connectivity index (χ2n) is 5.32. The van der Waals surface area contributed by atoms with Crippen LogP contribution in [-0.4, -0.2) is 48.8 Å². The fourth-order valence-electron chi connectivity index (χ4n) is 1.79. The number of hydrogen-bond acceptors (Lipinski definition) is 6. The van der Waals surface area contributed by atoms with Crippen LogP contribution in [-0.2, 0) is 13.9 Å². The Hall–Kier alpha value is -0.580. The monoisotopic (exact) mass is 536 g/mol. The topological polar surface area (TPSA) is 177 Å². The van der Waals surface area contributed by atoms with Crippen LogP contribution >= 0.6 is 46.8 Å². The Morgan fingerprint density at radius 1 is 1.31 bits per heavy atom. The lowest BCUT2D eigenvalue weighted by molar-refractivity contribution is -0.121. The van der Waals surface area contributed by atoms with Crippen LogP contribution in [0, 0.1) is 0 Å². The van der Waals surface area contributed by atoms with Crippen LogP contribution in [0.4, 0.5) is 0 Å². The molecule has 0 bridgehead atoms. The van der Waals surface area contributed by atoms with E-state index in [0.717, 1.165) is 6.21 Å². The van der Waals surface area contributed by atoms with E-state index in [0.29, 0.717) is 15.6 Å². The lowest BCUT2D eigenvalue weighted by Gasteiger charge is -2.30. The molecule has 0 heterocycles. The van der Waals surface area contributed by atoms with E-state index in [9.17, 15) is 29.0 Å². The standard InChI is InChI=1S/C12H16Br2N2O8P2/c1-25(20,21)12(19,26(22,23)24)3-2-10(17)16-15-6-7-4-8(13)5-9(14)11(7)18/h4-6,18-19H,2-3H2,1H3,(H,16,17)(H,20,21)(H2,22,23,24)/b15-6+. The maximum atomic E-state index is 11.7. The number of phenolic OH excluding ortho intramolecular Hbond substituents is 1. The van der Waals surface area contributed by atoms with Gasteiger partial charge < -0.3 is 24.9 Å². The minimum absolute atomic E-state index is 0.130. The first-order valence-corrected chi connectivity index (χ1v) is 12.1. The van der Waals surface area contributed by atoms with Gasteiger partial charge in [0.1, 0.15) is 5.75 Å². The summed E-state index contributed by atoms with van der Waals surface area (Å²) in [5, 5.41) is 20.1. The van der Waals surface area contributed by atoms with Gasteiger partial charge in [0.05, 0.1) is 10.7 Å². The molecule has 2 unspecified atom stereocenters. The van der Waals surface area contributed by atoms with Gasteiger partial charge in [0.2, 0.25) is 18.4 Å². The SMILES string of the molecule is CP(=O)(O)C(O)(CCC(=O)N/N=C/c1cc(Br)cc(Br)c1O)P(=O)(O)O. The van der Waals surface area contributed by atoms with Gasteiger partial charge in [-0.1, -0.05) is 15.9 Å². The van der Waals surface area contributed by atoms with Crippen LogP contribution in [0.3, 0.4) is 0 Å². The number of hydrogen-bond donors (Lipinski definition) is 6. The number of aromatic hydroxyl groups is 1. The summed E-state index contributed by atoms with van der Waals surface area (Å²) in [7, 11) is -10.0. The minimum Gasteiger partial charge on any atom is -0.506 e. The van der Waals surface area contributed by atoms with Crippen LogP contribution in [0.5, 0.6) is 5.75 Å². The summed E-state index contributed by atoms with van der Waals surface area (Å²) in [5.74, 6) is -0.996. The Labute approximate surface area is 165 Å². The zero-order chi connectivity index (χ0) is 20.3. The molecule has 146 valence electrons. The van der Waals surface area contributed by atoms with Crippen LogP contribution < -0.4 is 5.43 Å². The number of nitrogens with one attached hydrogen (secondary N) is 1. The van der Waals surface area contributed by atoms with Gasteiger partial charge in [-0.3, -0.25) is 13.9 Å². The van der Waals surface area contributed by atoms with Crippen molar-refractivity contribution < 1.29 is 38.8 Å². The number of halogens is 2. The molecule has 1 aromatic carbocycles. The van der Waals surface area contributed by atoms with Crippen molar-refractivity contribution in [1.29, 1.82) is 0 Å². The number of amides is 1. The number of nitrogens with zero attached hydrogens (tertiary/aromatic N) is 1. The van der Waals surface area contributed by atoms with Crippen LogP contribution in [0.25, 0.3) is 0 Å². The van der Waals surface area contributed by atoms with Gasteiger partial charge in [0.25, 0.3) is 0 Å². The molecule has 0 fully saturated rings. The number of rotatable bonds is 7. The molecule has 1 rings (SSSR count). The number of benzene rings is 1. The van der Waals surface area contributed by atoms with Crippen LogP contribution in [0.2, 0.25) is 0 Å². The largest absolute Gasteiger partial charge is 0.506 e. The highest BCUT2D eigenvalue weighted by Gasteiger charge is 2.56. The van der Waals surface area contributed by atoms with Gasteiger partial charge >= 0.3 is 7.60 Å². The molecule has 2 atom stereocenters. The third kappa shape index (κ3) is 5.71. The fourth-order valence-corrected chi connectivity index (χ4v) is 5.91. The zero-order valence-corrected chi connectivity index (χ0v) is 18.2. The number of carbonyl (C=O) groups excluding carboxylic acids is 1. The molecular weight excluding hydrogens is 522 g/mol. The number of hydrazone groups is 1. The van der Waals surface area contributed by atoms with Gasteiger partial charge in [0, 0.05) is 29.5 Å². The summed E-state index contributed by atoms with van der Waals surface area (Å²) in [6.07, 6.45) is -0.503. The Bertz CT molecular complexity index is 798. The van der Waals surface area contributed by atoms with Crippen molar-refractivity contribution in [2.45, 2.75) is 17.9 Å². The molecule has 0 aliphatic carbocycles. The molecular formula is C12H16Br2N2O8P2. The summed E-state index contributed by atoms with van der Waals surface area (Å²) < 4.78 is 23.9. The highest BCUT2D eigenvalue weighted by molar-refractivity contribution is 9.11. The Morgan fingerprint density at radius 2 is 1.88 bits per heavy atom. The predicted octanol–water partition coefficient (Wildman–Crippen LogP) is 1.87. The van der Waals surface area contributed by atoms with Crippen molar-refractivity contribution in [2.75, 3.05) is 6.66 Å². The Morgan fingerprint density at radius 3 is 2.38 bits per heavy atom. The van der Waals surface area contributed by atoms with Crippen molar-refractivity contribution in [3.63, 3.8) is 0 Å². The molecule has 6 N–H and O–H groups in total. The summed E-state index contributed by atoms with van der Waals surface area (Å²) in [5.41, 5.74) is 2.28. The third-order valence-corrected chi connectivity index (χ3v) is 8.94. The average molecular weight is 538 g/mol. The second kappa shape index (κ2) is 8.62. The normalized spacial score (nSPS) is 16.9. The van der Waals surface area contributed by atoms with E-state index >= 15 is 0 Å². The van der Waals surface area contributed by atoms with E-state index in [1.54, 1.807) is 6.07 Å². The minimum atomic E-state index is -5.38. The first-order chi connectivity index (χ1) is 11.7. The van der Waals surface area contributed by atoms with E-state index < -0.39 is 38.8 Å². The maximum absolute atomic E-state index is 11.7. The number of phenols is 1. The number of carbonyl (C=O) groups is 1. The van der Waals surface area contributed by atoms with Gasteiger partial charge in [-0.2, -0.15) is 5.10 Å². The van der Waals surface area contributed by atoms with Crippen molar-refractivity contribution in [2.24, 2.45) is 5.10 Å². The summed E-state index contributed by atoms with van der Waals surface area (Å²) in [6.45, 7) is 0.593. The highest BCUT2D eigenvalue weighted by atomic mass is 79.9. The second-order valence-corrected chi connectivity index (χ2v) is 11.8. The van der Waals surface area contributed by atoms with Crippen molar-refractivity contribution in [3.8, 4) is 5.75 Å². The summed E-state index contributed by atoms with van der Waals surface area (Å²) in [4.78, 5) is 39.4. The van der Waals surface area contributed by atoms with E-state index in [-0.39, 0.29) is 11.3 Å². The van der Waals surface area contributed by atoms with Crippen molar-refractivity contribution in [1.82, 2.24) is 5.43 Å². The highest BCUT2D eigenvalue weighted by Crippen LogP contribution is 2.69. The molecule has 0 saturated carbocycles.